The van der Waals surface area contributed by atoms with E-state index in [0.29, 0.717) is 17.4 Å². The summed E-state index contributed by atoms with van der Waals surface area (Å²) >= 11 is 0. The lowest BCUT2D eigenvalue weighted by Crippen LogP contribution is -2.11. The van der Waals surface area contributed by atoms with E-state index in [2.05, 4.69) is 0 Å². The Kier molecular flexibility index (Phi) is 2.71. The van der Waals surface area contributed by atoms with Crippen molar-refractivity contribution in [1.82, 2.24) is 0 Å². The first-order valence-electron chi connectivity index (χ1n) is 5.19. The minimum atomic E-state index is -0.180. The van der Waals surface area contributed by atoms with Gasteiger partial charge in [0.2, 0.25) is 0 Å². The summed E-state index contributed by atoms with van der Waals surface area (Å²) in [5.74, 6) is 0.525. The predicted molar refractivity (Wildman–Crippen MR) is 54.0 cm³/mol. The summed E-state index contributed by atoms with van der Waals surface area (Å²) in [5.41, 5.74) is 0.624. The molecule has 0 spiro atoms. The molecule has 0 N–H and O–H groups in total. The van der Waals surface area contributed by atoms with Crippen molar-refractivity contribution in [2.45, 2.75) is 38.7 Å². The van der Waals surface area contributed by atoms with Crippen LogP contribution >= 0.6 is 0 Å². The Labute approximate surface area is 83.9 Å². The van der Waals surface area contributed by atoms with Crippen LogP contribution in [0.25, 0.3) is 0 Å². The second-order valence-electron chi connectivity index (χ2n) is 3.89. The van der Waals surface area contributed by atoms with Gasteiger partial charge in [-0.25, -0.2) is 4.39 Å². The quantitative estimate of drug-likeness (QED) is 0.700. The smallest absolute Gasteiger partial charge is 0.129 e. The van der Waals surface area contributed by atoms with Crippen molar-refractivity contribution < 1.29 is 9.13 Å². The minimum absolute atomic E-state index is 0.180. The molecule has 0 aromatic heterocycles. The average Bonchev–Trinajstić information content (AvgIpc) is 2.66. The van der Waals surface area contributed by atoms with Crippen LogP contribution in [0.2, 0.25) is 0 Å². The number of benzene rings is 1. The first-order chi connectivity index (χ1) is 6.77. The Morgan fingerprint density at radius 2 is 2.00 bits per heavy atom. The molecule has 1 aliphatic rings. The van der Waals surface area contributed by atoms with Crippen LogP contribution in [-0.2, 0) is 0 Å². The number of ether oxygens (including phenoxy) is 1. The van der Waals surface area contributed by atoms with Crippen molar-refractivity contribution in [3.63, 3.8) is 0 Å². The van der Waals surface area contributed by atoms with Crippen LogP contribution in [0.4, 0.5) is 4.39 Å². The normalized spacial score (nSPS) is 17.3. The van der Waals surface area contributed by atoms with E-state index in [0.717, 1.165) is 12.8 Å². The maximum absolute atomic E-state index is 13.2. The Balaban J connectivity index is 2.11. The highest BCUT2D eigenvalue weighted by Gasteiger charge is 2.17. The average molecular weight is 194 g/mol. The van der Waals surface area contributed by atoms with Crippen molar-refractivity contribution >= 4 is 0 Å². The van der Waals surface area contributed by atoms with Gasteiger partial charge in [-0.3, -0.25) is 0 Å². The molecule has 0 heterocycles. The SMILES string of the molecule is Cc1c(F)cccc1OC1CCCC1. The maximum Gasteiger partial charge on any atom is 0.129 e. The van der Waals surface area contributed by atoms with Crippen molar-refractivity contribution in [1.29, 1.82) is 0 Å². The molecule has 1 aromatic carbocycles. The molecule has 1 aliphatic carbocycles. The molecule has 76 valence electrons. The van der Waals surface area contributed by atoms with Crippen molar-refractivity contribution in [3.05, 3.63) is 29.6 Å². The van der Waals surface area contributed by atoms with Gasteiger partial charge in [-0.05, 0) is 44.7 Å². The van der Waals surface area contributed by atoms with Gasteiger partial charge in [0.15, 0.2) is 0 Å². The van der Waals surface area contributed by atoms with Gasteiger partial charge in [0, 0.05) is 5.56 Å². The maximum atomic E-state index is 13.2. The van der Waals surface area contributed by atoms with Crippen LogP contribution in [0.15, 0.2) is 18.2 Å². The highest BCUT2D eigenvalue weighted by atomic mass is 19.1. The lowest BCUT2D eigenvalue weighted by molar-refractivity contribution is 0.207. The third-order valence-electron chi connectivity index (χ3n) is 2.81. The van der Waals surface area contributed by atoms with E-state index in [1.54, 1.807) is 13.0 Å². The Hall–Kier alpha value is -1.05. The fraction of sp³-hybridized carbons (Fsp3) is 0.500. The van der Waals surface area contributed by atoms with Crippen LogP contribution in [0.5, 0.6) is 5.75 Å². The topological polar surface area (TPSA) is 9.23 Å². The number of halogens is 1. The second kappa shape index (κ2) is 3.99. The molecule has 1 saturated carbocycles. The predicted octanol–water partition coefficient (Wildman–Crippen LogP) is 3.46. The van der Waals surface area contributed by atoms with Gasteiger partial charge in [-0.2, -0.15) is 0 Å². The number of hydrogen-bond donors (Lipinski definition) is 0. The summed E-state index contributed by atoms with van der Waals surface area (Å²) in [6.07, 6.45) is 4.99. The van der Waals surface area contributed by atoms with Crippen LogP contribution in [0.1, 0.15) is 31.2 Å². The first-order valence-corrected chi connectivity index (χ1v) is 5.19. The zero-order valence-electron chi connectivity index (χ0n) is 8.42. The summed E-state index contributed by atoms with van der Waals surface area (Å²) in [4.78, 5) is 0. The highest BCUT2D eigenvalue weighted by Crippen LogP contribution is 2.27. The zero-order chi connectivity index (χ0) is 9.97. The largest absolute Gasteiger partial charge is 0.490 e. The molecular weight excluding hydrogens is 179 g/mol. The molecule has 0 radical (unpaired) electrons. The third-order valence-corrected chi connectivity index (χ3v) is 2.81. The monoisotopic (exact) mass is 194 g/mol. The van der Waals surface area contributed by atoms with Gasteiger partial charge in [0.25, 0.3) is 0 Å². The lowest BCUT2D eigenvalue weighted by atomic mass is 10.2. The molecule has 1 nitrogen and oxygen atoms in total. The highest BCUT2D eigenvalue weighted by molar-refractivity contribution is 5.33. The summed E-state index contributed by atoms with van der Waals surface area (Å²) in [7, 11) is 0. The van der Waals surface area contributed by atoms with E-state index in [1.165, 1.54) is 18.9 Å². The van der Waals surface area contributed by atoms with E-state index in [1.807, 2.05) is 6.07 Å². The van der Waals surface area contributed by atoms with Crippen LogP contribution < -0.4 is 4.74 Å². The zero-order valence-corrected chi connectivity index (χ0v) is 8.42. The molecule has 1 aromatic rings. The molecule has 0 bridgehead atoms. The molecule has 2 rings (SSSR count). The fourth-order valence-electron chi connectivity index (χ4n) is 1.90. The molecule has 0 saturated heterocycles. The molecule has 0 aliphatic heterocycles. The second-order valence-corrected chi connectivity index (χ2v) is 3.89. The van der Waals surface area contributed by atoms with E-state index in [9.17, 15) is 4.39 Å². The number of rotatable bonds is 2. The Bertz CT molecular complexity index is 316. The van der Waals surface area contributed by atoms with E-state index in [-0.39, 0.29) is 5.82 Å². The minimum Gasteiger partial charge on any atom is -0.490 e. The van der Waals surface area contributed by atoms with Gasteiger partial charge in [-0.1, -0.05) is 6.07 Å². The van der Waals surface area contributed by atoms with Gasteiger partial charge >= 0.3 is 0 Å². The third kappa shape index (κ3) is 1.89. The van der Waals surface area contributed by atoms with E-state index in [4.69, 9.17) is 4.74 Å². The van der Waals surface area contributed by atoms with Gasteiger partial charge in [0.1, 0.15) is 11.6 Å². The summed E-state index contributed by atoms with van der Waals surface area (Å²) in [6, 6.07) is 5.01. The Morgan fingerprint density at radius 3 is 2.71 bits per heavy atom. The summed E-state index contributed by atoms with van der Waals surface area (Å²) in [6.45, 7) is 1.76. The van der Waals surface area contributed by atoms with Crippen molar-refractivity contribution in [3.8, 4) is 5.75 Å². The molecule has 0 atom stereocenters. The number of hydrogen-bond acceptors (Lipinski definition) is 1. The molecular formula is C12H15FO. The van der Waals surface area contributed by atoms with Crippen LogP contribution in [0, 0.1) is 12.7 Å². The van der Waals surface area contributed by atoms with Gasteiger partial charge in [-0.15, -0.1) is 0 Å². The Morgan fingerprint density at radius 1 is 1.29 bits per heavy atom. The molecule has 0 unspecified atom stereocenters. The van der Waals surface area contributed by atoms with Gasteiger partial charge < -0.3 is 4.74 Å². The van der Waals surface area contributed by atoms with Crippen LogP contribution in [0.3, 0.4) is 0 Å². The molecule has 0 amide bonds. The molecule has 2 heteroatoms. The standard InChI is InChI=1S/C12H15FO/c1-9-11(13)7-4-8-12(9)14-10-5-2-3-6-10/h4,7-8,10H,2-3,5-6H2,1H3. The van der Waals surface area contributed by atoms with Crippen molar-refractivity contribution in [2.24, 2.45) is 0 Å². The van der Waals surface area contributed by atoms with Gasteiger partial charge in [0.05, 0.1) is 6.10 Å². The molecule has 14 heavy (non-hydrogen) atoms. The fourth-order valence-corrected chi connectivity index (χ4v) is 1.90. The first kappa shape index (κ1) is 9.50. The summed E-state index contributed by atoms with van der Waals surface area (Å²) < 4.78 is 18.9. The summed E-state index contributed by atoms with van der Waals surface area (Å²) in [5, 5.41) is 0. The van der Waals surface area contributed by atoms with E-state index >= 15 is 0 Å². The lowest BCUT2D eigenvalue weighted by Gasteiger charge is -2.15. The van der Waals surface area contributed by atoms with E-state index < -0.39 is 0 Å². The van der Waals surface area contributed by atoms with Crippen LogP contribution in [-0.4, -0.2) is 6.10 Å². The molecule has 1 fully saturated rings. The van der Waals surface area contributed by atoms with Crippen molar-refractivity contribution in [2.75, 3.05) is 0 Å².